The molecule has 98 valence electrons. The maximum Gasteiger partial charge on any atom is 0.100 e. The van der Waals surface area contributed by atoms with E-state index in [9.17, 15) is 5.26 Å². The number of rotatable bonds is 6. The first-order chi connectivity index (χ1) is 9.33. The number of thiophene rings is 1. The summed E-state index contributed by atoms with van der Waals surface area (Å²) in [6.07, 6.45) is 1.12. The molecule has 1 aromatic heterocycles. The lowest BCUT2D eigenvalue weighted by Gasteiger charge is -2.07. The van der Waals surface area contributed by atoms with Crippen LogP contribution in [0.2, 0.25) is 0 Å². The normalized spacial score (nSPS) is 10.3. The van der Waals surface area contributed by atoms with Gasteiger partial charge in [0.15, 0.2) is 0 Å². The van der Waals surface area contributed by atoms with E-state index in [4.69, 9.17) is 0 Å². The maximum atomic E-state index is 9.26. The van der Waals surface area contributed by atoms with Crippen LogP contribution in [0.4, 0.5) is 0 Å². The van der Waals surface area contributed by atoms with Crippen LogP contribution in [0.15, 0.2) is 44.8 Å². The Bertz CT molecular complexity index is 556. The fourth-order valence-corrected chi connectivity index (χ4v) is 3.49. The minimum Gasteiger partial charge on any atom is -0.313 e. The summed E-state index contributed by atoms with van der Waals surface area (Å²) >= 11 is 3.36. The predicted molar refractivity (Wildman–Crippen MR) is 81.6 cm³/mol. The van der Waals surface area contributed by atoms with Crippen molar-refractivity contribution in [3.05, 3.63) is 46.8 Å². The number of nitriles is 1. The Balaban J connectivity index is 2.10. The van der Waals surface area contributed by atoms with Crippen molar-refractivity contribution >= 4 is 23.1 Å². The zero-order chi connectivity index (χ0) is 13.5. The summed E-state index contributed by atoms with van der Waals surface area (Å²) in [6.45, 7) is 3.98. The van der Waals surface area contributed by atoms with Crippen molar-refractivity contribution in [1.29, 1.82) is 5.26 Å². The number of nitrogens with one attached hydrogen (secondary N) is 1. The van der Waals surface area contributed by atoms with Crippen molar-refractivity contribution in [3.63, 3.8) is 0 Å². The average molecular weight is 288 g/mol. The minimum absolute atomic E-state index is 0.759. The fraction of sp³-hybridized carbons (Fsp3) is 0.267. The van der Waals surface area contributed by atoms with Gasteiger partial charge in [-0.25, -0.2) is 0 Å². The van der Waals surface area contributed by atoms with E-state index in [2.05, 4.69) is 35.8 Å². The summed E-state index contributed by atoms with van der Waals surface area (Å²) < 4.78 is 1.22. The molecule has 1 N–H and O–H groups in total. The topological polar surface area (TPSA) is 35.8 Å². The number of nitrogens with zero attached hydrogens (tertiary/aromatic N) is 1. The smallest absolute Gasteiger partial charge is 0.100 e. The van der Waals surface area contributed by atoms with E-state index in [1.54, 1.807) is 23.1 Å². The third-order valence-electron chi connectivity index (χ3n) is 2.63. The highest BCUT2D eigenvalue weighted by atomic mass is 32.2. The Morgan fingerprint density at radius 1 is 1.37 bits per heavy atom. The predicted octanol–water partition coefficient (Wildman–Crippen LogP) is 4.27. The Morgan fingerprint density at radius 2 is 2.26 bits per heavy atom. The molecular formula is C15H16N2S2. The number of hydrogen-bond acceptors (Lipinski definition) is 4. The van der Waals surface area contributed by atoms with Crippen LogP contribution in [-0.4, -0.2) is 6.54 Å². The van der Waals surface area contributed by atoms with E-state index >= 15 is 0 Å². The average Bonchev–Trinajstić information content (AvgIpc) is 2.93. The Morgan fingerprint density at radius 3 is 2.95 bits per heavy atom. The van der Waals surface area contributed by atoms with E-state index in [-0.39, 0.29) is 0 Å². The van der Waals surface area contributed by atoms with Crippen molar-refractivity contribution in [2.45, 2.75) is 29.0 Å². The van der Waals surface area contributed by atoms with Gasteiger partial charge in [0, 0.05) is 11.4 Å². The zero-order valence-electron chi connectivity index (χ0n) is 10.8. The van der Waals surface area contributed by atoms with Gasteiger partial charge in [-0.05, 0) is 42.1 Å². The molecular weight excluding hydrogens is 272 g/mol. The molecule has 0 saturated heterocycles. The van der Waals surface area contributed by atoms with Gasteiger partial charge in [-0.2, -0.15) is 5.26 Å². The largest absolute Gasteiger partial charge is 0.313 e. The van der Waals surface area contributed by atoms with E-state index in [0.29, 0.717) is 0 Å². The van der Waals surface area contributed by atoms with Crippen LogP contribution < -0.4 is 5.32 Å². The van der Waals surface area contributed by atoms with Crippen LogP contribution in [0.25, 0.3) is 0 Å². The maximum absolute atomic E-state index is 9.26. The molecule has 0 aliphatic carbocycles. The summed E-state index contributed by atoms with van der Waals surface area (Å²) in [5.41, 5.74) is 1.93. The summed E-state index contributed by atoms with van der Waals surface area (Å²) in [4.78, 5) is 1.03. The highest BCUT2D eigenvalue weighted by Gasteiger charge is 2.06. The first-order valence-corrected chi connectivity index (χ1v) is 7.98. The van der Waals surface area contributed by atoms with Crippen molar-refractivity contribution in [2.24, 2.45) is 0 Å². The highest BCUT2D eigenvalue weighted by Crippen LogP contribution is 2.33. The molecule has 4 heteroatoms. The van der Waals surface area contributed by atoms with Gasteiger partial charge in [-0.15, -0.1) is 11.3 Å². The third-order valence-corrected chi connectivity index (χ3v) is 4.74. The molecule has 0 bridgehead atoms. The molecule has 2 nitrogen and oxygen atoms in total. The summed E-state index contributed by atoms with van der Waals surface area (Å²) in [5.74, 6) is 0. The Labute approximate surface area is 122 Å². The second-order valence-corrected chi connectivity index (χ2v) is 6.44. The van der Waals surface area contributed by atoms with Gasteiger partial charge >= 0.3 is 0 Å². The van der Waals surface area contributed by atoms with Crippen LogP contribution in [0.3, 0.4) is 0 Å². The zero-order valence-corrected chi connectivity index (χ0v) is 12.5. The molecule has 0 aliphatic rings. The molecule has 1 aromatic carbocycles. The van der Waals surface area contributed by atoms with Crippen LogP contribution in [0.5, 0.6) is 0 Å². The van der Waals surface area contributed by atoms with Gasteiger partial charge in [0.25, 0.3) is 0 Å². The standard InChI is InChI=1S/C15H16N2S2/c1-2-7-17-11-12-5-6-14(13(9-12)10-16)19-15-4-3-8-18-15/h3-6,8-9,17H,2,7,11H2,1H3. The molecule has 0 atom stereocenters. The highest BCUT2D eigenvalue weighted by molar-refractivity contribution is 8.01. The third kappa shape index (κ3) is 4.10. The van der Waals surface area contributed by atoms with Crippen LogP contribution >= 0.6 is 23.1 Å². The monoisotopic (exact) mass is 288 g/mol. The molecule has 0 radical (unpaired) electrons. The van der Waals surface area contributed by atoms with Crippen LogP contribution in [-0.2, 0) is 6.54 Å². The second-order valence-electron chi connectivity index (χ2n) is 4.15. The molecule has 0 saturated carbocycles. The Kier molecular flexibility index (Phi) is 5.46. The molecule has 0 aliphatic heterocycles. The molecule has 0 spiro atoms. The van der Waals surface area contributed by atoms with Gasteiger partial charge in [-0.3, -0.25) is 0 Å². The molecule has 1 heterocycles. The second kappa shape index (κ2) is 7.34. The van der Waals surface area contributed by atoms with Gasteiger partial charge in [-0.1, -0.05) is 30.8 Å². The van der Waals surface area contributed by atoms with Crippen LogP contribution in [0, 0.1) is 11.3 Å². The van der Waals surface area contributed by atoms with Gasteiger partial charge in [0.05, 0.1) is 9.77 Å². The van der Waals surface area contributed by atoms with Crippen molar-refractivity contribution < 1.29 is 0 Å². The lowest BCUT2D eigenvalue weighted by atomic mass is 10.1. The quantitative estimate of drug-likeness (QED) is 0.806. The number of hydrogen-bond donors (Lipinski definition) is 1. The molecule has 0 fully saturated rings. The van der Waals surface area contributed by atoms with E-state index in [0.717, 1.165) is 30.0 Å². The molecule has 2 aromatic rings. The van der Waals surface area contributed by atoms with Gasteiger partial charge < -0.3 is 5.32 Å². The SMILES string of the molecule is CCCNCc1ccc(Sc2cccs2)c(C#N)c1. The molecule has 2 rings (SSSR count). The fourth-order valence-electron chi connectivity index (χ4n) is 1.70. The van der Waals surface area contributed by atoms with Crippen LogP contribution in [0.1, 0.15) is 24.5 Å². The number of benzene rings is 1. The van der Waals surface area contributed by atoms with Crippen molar-refractivity contribution in [1.82, 2.24) is 5.32 Å². The first kappa shape index (κ1) is 14.1. The van der Waals surface area contributed by atoms with E-state index in [1.165, 1.54) is 9.77 Å². The Hall–Kier alpha value is -1.28. The molecule has 19 heavy (non-hydrogen) atoms. The van der Waals surface area contributed by atoms with Crippen molar-refractivity contribution in [2.75, 3.05) is 6.54 Å². The minimum atomic E-state index is 0.759. The van der Waals surface area contributed by atoms with Crippen molar-refractivity contribution in [3.8, 4) is 6.07 Å². The summed E-state index contributed by atoms with van der Waals surface area (Å²) in [5, 5.41) is 14.7. The lowest BCUT2D eigenvalue weighted by Crippen LogP contribution is -2.13. The summed E-state index contributed by atoms with van der Waals surface area (Å²) in [6, 6.07) is 12.5. The molecule has 0 unspecified atom stereocenters. The first-order valence-electron chi connectivity index (χ1n) is 6.28. The van der Waals surface area contributed by atoms with Gasteiger partial charge in [0.1, 0.15) is 6.07 Å². The lowest BCUT2D eigenvalue weighted by molar-refractivity contribution is 0.675. The van der Waals surface area contributed by atoms with E-state index in [1.807, 2.05) is 18.2 Å². The summed E-state index contributed by atoms with van der Waals surface area (Å²) in [7, 11) is 0. The van der Waals surface area contributed by atoms with Gasteiger partial charge in [0.2, 0.25) is 0 Å². The van der Waals surface area contributed by atoms with E-state index < -0.39 is 0 Å². The molecule has 0 amide bonds.